The maximum absolute atomic E-state index is 12.3. The molecule has 1 aromatic heterocycles. The van der Waals surface area contributed by atoms with Crippen molar-refractivity contribution in [2.24, 2.45) is 0 Å². The molecule has 0 spiro atoms. The molecule has 1 aliphatic heterocycles. The lowest BCUT2D eigenvalue weighted by Crippen LogP contribution is -2.47. The van der Waals surface area contributed by atoms with Gasteiger partial charge in [-0.25, -0.2) is 0 Å². The monoisotopic (exact) mass is 297 g/mol. The van der Waals surface area contributed by atoms with Gasteiger partial charge in [-0.15, -0.1) is 0 Å². The van der Waals surface area contributed by atoms with Gasteiger partial charge in [0.25, 0.3) is 5.91 Å². The average molecular weight is 297 g/mol. The van der Waals surface area contributed by atoms with Crippen molar-refractivity contribution in [3.8, 4) is 5.75 Å². The number of para-hydroxylation sites is 2. The Labute approximate surface area is 127 Å². The zero-order chi connectivity index (χ0) is 15.5. The lowest BCUT2D eigenvalue weighted by atomic mass is 10.2. The van der Waals surface area contributed by atoms with E-state index < -0.39 is 6.10 Å². The highest BCUT2D eigenvalue weighted by Gasteiger charge is 2.32. The van der Waals surface area contributed by atoms with E-state index in [0.29, 0.717) is 17.1 Å². The van der Waals surface area contributed by atoms with Gasteiger partial charge < -0.3 is 10.1 Å². The summed E-state index contributed by atoms with van der Waals surface area (Å²) in [5.74, 6) is 0.0957. The molecule has 2 heterocycles. The topological polar surface area (TPSA) is 71.5 Å². The van der Waals surface area contributed by atoms with Crippen LogP contribution in [0, 0.1) is 0 Å². The van der Waals surface area contributed by atoms with Gasteiger partial charge in [0.05, 0.1) is 5.69 Å². The van der Waals surface area contributed by atoms with Crippen molar-refractivity contribution in [2.45, 2.75) is 13.0 Å². The van der Waals surface area contributed by atoms with Crippen LogP contribution in [0.15, 0.2) is 48.8 Å². The highest BCUT2D eigenvalue weighted by atomic mass is 16.5. The first-order valence-corrected chi connectivity index (χ1v) is 6.92. The summed E-state index contributed by atoms with van der Waals surface area (Å²) in [6.45, 7) is 1.61. The Morgan fingerprint density at radius 3 is 2.77 bits per heavy atom. The number of nitrogens with zero attached hydrogens (tertiary/aromatic N) is 2. The van der Waals surface area contributed by atoms with Crippen LogP contribution in [0.3, 0.4) is 0 Å². The molecule has 112 valence electrons. The second kappa shape index (κ2) is 5.85. The van der Waals surface area contributed by atoms with Crippen LogP contribution >= 0.6 is 0 Å². The lowest BCUT2D eigenvalue weighted by molar-refractivity contribution is -0.127. The molecule has 0 saturated carbocycles. The zero-order valence-corrected chi connectivity index (χ0v) is 12.0. The number of pyridine rings is 1. The Balaban J connectivity index is 1.79. The number of carbonyl (C=O) groups is 2. The Morgan fingerprint density at radius 1 is 1.27 bits per heavy atom. The fourth-order valence-corrected chi connectivity index (χ4v) is 2.30. The quantitative estimate of drug-likeness (QED) is 0.938. The molecule has 2 amide bonds. The number of fused-ring (bicyclic) bond motifs is 1. The molecule has 0 aliphatic carbocycles. The summed E-state index contributed by atoms with van der Waals surface area (Å²) in [6, 6.07) is 10.6. The van der Waals surface area contributed by atoms with Crippen molar-refractivity contribution < 1.29 is 14.3 Å². The van der Waals surface area contributed by atoms with E-state index >= 15 is 0 Å². The van der Waals surface area contributed by atoms with E-state index in [9.17, 15) is 9.59 Å². The van der Waals surface area contributed by atoms with Crippen LogP contribution in [0.2, 0.25) is 0 Å². The van der Waals surface area contributed by atoms with Crippen LogP contribution < -0.4 is 15.0 Å². The van der Waals surface area contributed by atoms with E-state index in [1.165, 1.54) is 4.90 Å². The lowest BCUT2D eigenvalue weighted by Gasteiger charge is -2.32. The summed E-state index contributed by atoms with van der Waals surface area (Å²) in [4.78, 5) is 29.8. The number of hydrogen-bond acceptors (Lipinski definition) is 4. The van der Waals surface area contributed by atoms with E-state index in [4.69, 9.17) is 4.74 Å². The Bertz CT molecular complexity index is 703. The molecule has 22 heavy (non-hydrogen) atoms. The zero-order valence-electron chi connectivity index (χ0n) is 12.0. The van der Waals surface area contributed by atoms with Crippen molar-refractivity contribution in [3.63, 3.8) is 0 Å². The van der Waals surface area contributed by atoms with Crippen LogP contribution in [0.1, 0.15) is 6.92 Å². The molecule has 0 bridgehead atoms. The minimum Gasteiger partial charge on any atom is -0.479 e. The van der Waals surface area contributed by atoms with Gasteiger partial charge in [-0.3, -0.25) is 19.5 Å². The van der Waals surface area contributed by atoms with Gasteiger partial charge >= 0.3 is 0 Å². The minimum atomic E-state index is -0.608. The first-order valence-electron chi connectivity index (χ1n) is 6.92. The minimum absolute atomic E-state index is 0.0636. The number of carbonyl (C=O) groups excluding carboxylic acids is 2. The van der Waals surface area contributed by atoms with Gasteiger partial charge in [-0.1, -0.05) is 12.1 Å². The maximum Gasteiger partial charge on any atom is 0.268 e. The summed E-state index contributed by atoms with van der Waals surface area (Å²) in [5, 5.41) is 2.74. The molecular weight excluding hydrogens is 282 g/mol. The van der Waals surface area contributed by atoms with Gasteiger partial charge in [0.1, 0.15) is 12.3 Å². The third kappa shape index (κ3) is 2.76. The standard InChI is InChI=1S/C16H15N3O3/c1-11-16(21)19(13-4-2-3-5-14(13)22-11)10-15(20)18-12-6-8-17-9-7-12/h2-9,11H,10H2,1H3,(H,17,18,20)/t11-/m0/s1. The predicted molar refractivity (Wildman–Crippen MR) is 81.8 cm³/mol. The summed E-state index contributed by atoms with van der Waals surface area (Å²) in [7, 11) is 0. The number of aromatic nitrogens is 1. The molecule has 1 N–H and O–H groups in total. The molecule has 1 atom stereocenters. The second-order valence-corrected chi connectivity index (χ2v) is 4.94. The number of anilines is 2. The molecular formula is C16H15N3O3. The van der Waals surface area contributed by atoms with E-state index in [0.717, 1.165) is 0 Å². The Kier molecular flexibility index (Phi) is 3.74. The molecule has 6 nitrogen and oxygen atoms in total. The van der Waals surface area contributed by atoms with E-state index in [1.54, 1.807) is 49.6 Å². The van der Waals surface area contributed by atoms with Crippen molar-refractivity contribution in [2.75, 3.05) is 16.8 Å². The first-order chi connectivity index (χ1) is 10.6. The smallest absolute Gasteiger partial charge is 0.268 e. The van der Waals surface area contributed by atoms with Crippen molar-refractivity contribution in [1.29, 1.82) is 0 Å². The van der Waals surface area contributed by atoms with E-state index in [1.807, 2.05) is 6.07 Å². The van der Waals surface area contributed by atoms with Crippen LogP contribution in [0.4, 0.5) is 11.4 Å². The van der Waals surface area contributed by atoms with Crippen molar-refractivity contribution in [1.82, 2.24) is 4.98 Å². The van der Waals surface area contributed by atoms with Crippen LogP contribution in [0.25, 0.3) is 0 Å². The van der Waals surface area contributed by atoms with Crippen LogP contribution in [-0.2, 0) is 9.59 Å². The molecule has 1 aliphatic rings. The Morgan fingerprint density at radius 2 is 2.00 bits per heavy atom. The molecule has 2 aromatic rings. The first kappa shape index (κ1) is 14.1. The van der Waals surface area contributed by atoms with E-state index in [-0.39, 0.29) is 18.4 Å². The molecule has 0 saturated heterocycles. The van der Waals surface area contributed by atoms with Gasteiger partial charge in [-0.2, -0.15) is 0 Å². The Hall–Kier alpha value is -2.89. The molecule has 0 fully saturated rings. The summed E-state index contributed by atoms with van der Waals surface area (Å²) < 4.78 is 5.54. The van der Waals surface area contributed by atoms with Crippen molar-refractivity contribution >= 4 is 23.2 Å². The predicted octanol–water partition coefficient (Wildman–Crippen LogP) is 1.83. The fourth-order valence-electron chi connectivity index (χ4n) is 2.30. The normalized spacial score (nSPS) is 16.7. The van der Waals surface area contributed by atoms with Gasteiger partial charge in [0.2, 0.25) is 5.91 Å². The number of rotatable bonds is 3. The highest BCUT2D eigenvalue weighted by Crippen LogP contribution is 2.33. The van der Waals surface area contributed by atoms with Crippen molar-refractivity contribution in [3.05, 3.63) is 48.8 Å². The highest BCUT2D eigenvalue weighted by molar-refractivity contribution is 6.06. The fraction of sp³-hybridized carbons (Fsp3) is 0.188. The summed E-state index contributed by atoms with van der Waals surface area (Å²) in [5.41, 5.74) is 1.25. The van der Waals surface area contributed by atoms with Crippen LogP contribution in [0.5, 0.6) is 5.75 Å². The number of hydrogen-bond donors (Lipinski definition) is 1. The SMILES string of the molecule is C[C@@H]1Oc2ccccc2N(CC(=O)Nc2ccncc2)C1=O. The van der Waals surface area contributed by atoms with Crippen LogP contribution in [-0.4, -0.2) is 29.4 Å². The molecule has 1 aromatic carbocycles. The van der Waals surface area contributed by atoms with Gasteiger partial charge in [0, 0.05) is 18.1 Å². The number of ether oxygens (including phenoxy) is 1. The third-order valence-corrected chi connectivity index (χ3v) is 3.34. The summed E-state index contributed by atoms with van der Waals surface area (Å²) in [6.07, 6.45) is 2.57. The molecule has 0 unspecified atom stereocenters. The van der Waals surface area contributed by atoms with E-state index in [2.05, 4.69) is 10.3 Å². The maximum atomic E-state index is 12.3. The number of amides is 2. The molecule has 3 rings (SSSR count). The number of benzene rings is 1. The second-order valence-electron chi connectivity index (χ2n) is 4.94. The molecule has 6 heteroatoms. The largest absolute Gasteiger partial charge is 0.479 e. The number of nitrogens with one attached hydrogen (secondary N) is 1. The van der Waals surface area contributed by atoms with Gasteiger partial charge in [0.15, 0.2) is 6.10 Å². The average Bonchev–Trinajstić information content (AvgIpc) is 2.53. The summed E-state index contributed by atoms with van der Waals surface area (Å²) >= 11 is 0. The van der Waals surface area contributed by atoms with Gasteiger partial charge in [-0.05, 0) is 31.2 Å². The third-order valence-electron chi connectivity index (χ3n) is 3.34. The molecule has 0 radical (unpaired) electrons.